The minimum Gasteiger partial charge on any atom is -0.343 e. The molecule has 68 valence electrons. The molecule has 3 nitrogen and oxygen atoms in total. The first-order valence-corrected chi connectivity index (χ1v) is 4.08. The standard InChI is InChI=1S/C8H18O3/c1-5-8(9,10-6-2)11-7(3)4/h7,9H,5-6H2,1-4H3. The minimum absolute atomic E-state index is 0.0218. The molecule has 0 spiro atoms. The molecule has 0 saturated heterocycles. The Balaban J connectivity index is 3.87. The number of rotatable bonds is 5. The lowest BCUT2D eigenvalue weighted by Crippen LogP contribution is -2.37. The van der Waals surface area contributed by atoms with E-state index < -0.39 is 5.97 Å². The van der Waals surface area contributed by atoms with Crippen LogP contribution in [0.25, 0.3) is 0 Å². The highest BCUT2D eigenvalue weighted by Gasteiger charge is 2.26. The molecular formula is C8H18O3. The van der Waals surface area contributed by atoms with Gasteiger partial charge in [0.2, 0.25) is 0 Å². The first kappa shape index (κ1) is 10.9. The van der Waals surface area contributed by atoms with Crippen molar-refractivity contribution in [3.8, 4) is 0 Å². The number of hydrogen-bond acceptors (Lipinski definition) is 3. The van der Waals surface area contributed by atoms with Crippen molar-refractivity contribution in [2.75, 3.05) is 6.61 Å². The maximum Gasteiger partial charge on any atom is 0.280 e. The second-order valence-electron chi connectivity index (χ2n) is 2.67. The molecule has 0 saturated carbocycles. The van der Waals surface area contributed by atoms with Crippen LogP contribution in [0.4, 0.5) is 0 Å². The molecule has 0 aliphatic rings. The van der Waals surface area contributed by atoms with Gasteiger partial charge in [-0.1, -0.05) is 6.92 Å². The van der Waals surface area contributed by atoms with Gasteiger partial charge >= 0.3 is 0 Å². The van der Waals surface area contributed by atoms with Gasteiger partial charge < -0.3 is 14.6 Å². The monoisotopic (exact) mass is 162 g/mol. The van der Waals surface area contributed by atoms with Crippen LogP contribution in [0.1, 0.15) is 34.1 Å². The summed E-state index contributed by atoms with van der Waals surface area (Å²) in [5, 5.41) is 9.55. The SMILES string of the molecule is CCOC(O)(CC)OC(C)C. The number of hydrogen-bond donors (Lipinski definition) is 1. The minimum atomic E-state index is -1.39. The van der Waals surface area contributed by atoms with E-state index in [-0.39, 0.29) is 6.10 Å². The summed E-state index contributed by atoms with van der Waals surface area (Å²) in [5.74, 6) is -1.39. The summed E-state index contributed by atoms with van der Waals surface area (Å²) in [6.07, 6.45) is 0.422. The quantitative estimate of drug-likeness (QED) is 0.623. The van der Waals surface area contributed by atoms with Gasteiger partial charge in [-0.15, -0.1) is 0 Å². The predicted molar refractivity (Wildman–Crippen MR) is 43.1 cm³/mol. The maximum absolute atomic E-state index is 9.55. The Morgan fingerprint density at radius 2 is 1.91 bits per heavy atom. The fraction of sp³-hybridized carbons (Fsp3) is 1.00. The van der Waals surface area contributed by atoms with E-state index in [0.717, 1.165) is 0 Å². The molecule has 1 atom stereocenters. The molecule has 0 heterocycles. The summed E-state index contributed by atoms with van der Waals surface area (Å²) in [6, 6.07) is 0. The topological polar surface area (TPSA) is 38.7 Å². The van der Waals surface area contributed by atoms with Crippen molar-refractivity contribution in [3.05, 3.63) is 0 Å². The van der Waals surface area contributed by atoms with Crippen LogP contribution >= 0.6 is 0 Å². The van der Waals surface area contributed by atoms with Gasteiger partial charge in [-0.3, -0.25) is 0 Å². The van der Waals surface area contributed by atoms with E-state index in [1.165, 1.54) is 0 Å². The van der Waals surface area contributed by atoms with E-state index >= 15 is 0 Å². The lowest BCUT2D eigenvalue weighted by Gasteiger charge is -2.28. The molecule has 0 bridgehead atoms. The second kappa shape index (κ2) is 4.70. The van der Waals surface area contributed by atoms with Crippen LogP contribution in [0.5, 0.6) is 0 Å². The van der Waals surface area contributed by atoms with Crippen LogP contribution in [0.2, 0.25) is 0 Å². The molecule has 0 aliphatic carbocycles. The van der Waals surface area contributed by atoms with E-state index in [4.69, 9.17) is 9.47 Å². The van der Waals surface area contributed by atoms with Crippen LogP contribution in [-0.2, 0) is 9.47 Å². The van der Waals surface area contributed by atoms with Crippen molar-refractivity contribution in [1.29, 1.82) is 0 Å². The molecule has 0 aliphatic heterocycles. The Bertz CT molecular complexity index is 104. The van der Waals surface area contributed by atoms with Crippen molar-refractivity contribution in [3.63, 3.8) is 0 Å². The Hall–Kier alpha value is -0.120. The molecule has 0 aromatic rings. The first-order valence-electron chi connectivity index (χ1n) is 4.08. The second-order valence-corrected chi connectivity index (χ2v) is 2.67. The Labute approximate surface area is 68.3 Å². The molecule has 0 radical (unpaired) electrons. The summed E-state index contributed by atoms with van der Waals surface area (Å²) in [7, 11) is 0. The van der Waals surface area contributed by atoms with Crippen LogP contribution in [0, 0.1) is 0 Å². The van der Waals surface area contributed by atoms with Gasteiger partial charge in [-0.05, 0) is 20.8 Å². The normalized spacial score (nSPS) is 16.9. The molecular weight excluding hydrogens is 144 g/mol. The van der Waals surface area contributed by atoms with Gasteiger partial charge in [0, 0.05) is 13.0 Å². The smallest absolute Gasteiger partial charge is 0.280 e. The number of ether oxygens (including phenoxy) is 2. The highest BCUT2D eigenvalue weighted by molar-refractivity contribution is 4.52. The van der Waals surface area contributed by atoms with E-state index in [1.54, 1.807) is 0 Å². The van der Waals surface area contributed by atoms with Crippen LogP contribution in [0.3, 0.4) is 0 Å². The molecule has 0 aromatic carbocycles. The Kier molecular flexibility index (Phi) is 4.65. The summed E-state index contributed by atoms with van der Waals surface area (Å²) >= 11 is 0. The zero-order chi connectivity index (χ0) is 8.91. The number of aliphatic hydroxyl groups is 1. The highest BCUT2D eigenvalue weighted by atomic mass is 16.8. The molecule has 0 fully saturated rings. The van der Waals surface area contributed by atoms with E-state index in [2.05, 4.69) is 0 Å². The average Bonchev–Trinajstić information content (AvgIpc) is 1.87. The zero-order valence-corrected chi connectivity index (χ0v) is 7.76. The van der Waals surface area contributed by atoms with Gasteiger partial charge in [0.25, 0.3) is 5.97 Å². The lowest BCUT2D eigenvalue weighted by atomic mass is 10.4. The molecule has 11 heavy (non-hydrogen) atoms. The third-order valence-electron chi connectivity index (χ3n) is 1.24. The predicted octanol–water partition coefficient (Wildman–Crippen LogP) is 1.50. The van der Waals surface area contributed by atoms with Crippen molar-refractivity contribution in [1.82, 2.24) is 0 Å². The van der Waals surface area contributed by atoms with Gasteiger partial charge in [0.1, 0.15) is 0 Å². The fourth-order valence-corrected chi connectivity index (χ4v) is 0.813. The van der Waals surface area contributed by atoms with E-state index in [0.29, 0.717) is 13.0 Å². The van der Waals surface area contributed by atoms with Crippen molar-refractivity contribution in [2.24, 2.45) is 0 Å². The largest absolute Gasteiger partial charge is 0.343 e. The van der Waals surface area contributed by atoms with Crippen molar-refractivity contribution >= 4 is 0 Å². The van der Waals surface area contributed by atoms with Gasteiger partial charge in [-0.2, -0.15) is 0 Å². The highest BCUT2D eigenvalue weighted by Crippen LogP contribution is 2.15. The van der Waals surface area contributed by atoms with Gasteiger partial charge in [0.15, 0.2) is 0 Å². The summed E-state index contributed by atoms with van der Waals surface area (Å²) < 4.78 is 10.2. The molecule has 1 N–H and O–H groups in total. The summed E-state index contributed by atoms with van der Waals surface area (Å²) in [4.78, 5) is 0. The summed E-state index contributed by atoms with van der Waals surface area (Å²) in [6.45, 7) is 7.82. The van der Waals surface area contributed by atoms with Crippen LogP contribution in [-0.4, -0.2) is 23.8 Å². The molecule has 1 unspecified atom stereocenters. The van der Waals surface area contributed by atoms with Crippen LogP contribution < -0.4 is 0 Å². The summed E-state index contributed by atoms with van der Waals surface area (Å²) in [5.41, 5.74) is 0. The Morgan fingerprint density at radius 3 is 2.18 bits per heavy atom. The molecule has 0 aromatic heterocycles. The molecule has 0 amide bonds. The van der Waals surface area contributed by atoms with Crippen molar-refractivity contribution < 1.29 is 14.6 Å². The third-order valence-corrected chi connectivity index (χ3v) is 1.24. The molecule has 3 heteroatoms. The van der Waals surface area contributed by atoms with E-state index in [1.807, 2.05) is 27.7 Å². The zero-order valence-electron chi connectivity index (χ0n) is 7.76. The van der Waals surface area contributed by atoms with Gasteiger partial charge in [-0.25, -0.2) is 0 Å². The van der Waals surface area contributed by atoms with Crippen molar-refractivity contribution in [2.45, 2.75) is 46.2 Å². The van der Waals surface area contributed by atoms with Gasteiger partial charge in [0.05, 0.1) is 6.10 Å². The third kappa shape index (κ3) is 4.35. The average molecular weight is 162 g/mol. The van der Waals surface area contributed by atoms with E-state index in [9.17, 15) is 5.11 Å². The fourth-order valence-electron chi connectivity index (χ4n) is 0.813. The first-order chi connectivity index (χ1) is 5.04. The Morgan fingerprint density at radius 1 is 1.36 bits per heavy atom. The maximum atomic E-state index is 9.55. The lowest BCUT2D eigenvalue weighted by molar-refractivity contribution is -0.370. The molecule has 0 rings (SSSR count). The van der Waals surface area contributed by atoms with Crippen LogP contribution in [0.15, 0.2) is 0 Å².